The van der Waals surface area contributed by atoms with Gasteiger partial charge in [0.1, 0.15) is 0 Å². The van der Waals surface area contributed by atoms with E-state index in [2.05, 4.69) is 11.1 Å². The molecule has 3 rings (SSSR count). The lowest BCUT2D eigenvalue weighted by Crippen LogP contribution is -3.00. The fraction of sp³-hybridized carbons (Fsp3) is 0. The number of nitriles is 1. The van der Waals surface area contributed by atoms with Crippen molar-refractivity contribution < 1.29 is 17.0 Å². The minimum absolute atomic E-state index is 0. The molecule has 0 radical (unpaired) electrons. The maximum atomic E-state index is 8.80. The molecule has 4 heteroatoms. The van der Waals surface area contributed by atoms with E-state index in [1.54, 1.807) is 6.20 Å². The second-order valence-corrected chi connectivity index (χ2v) is 4.37. The number of benzene rings is 1. The van der Waals surface area contributed by atoms with Crippen LogP contribution in [0.1, 0.15) is 5.56 Å². The third kappa shape index (κ3) is 3.25. The Labute approximate surface area is 129 Å². The summed E-state index contributed by atoms with van der Waals surface area (Å²) in [5.41, 5.74) is 3.73. The summed E-state index contributed by atoms with van der Waals surface area (Å²) in [4.78, 5) is 4.33. The molecule has 1 aromatic carbocycles. The standard InChI is InChI=1S/C17H12N3.ClH/c18-13-14-4-6-16(7-5-14)20-11-8-15(9-12-20)17-3-1-2-10-19-17;/h1-12H;1H/q+1;/p-1. The normalized spacial score (nSPS) is 9.48. The van der Waals surface area contributed by atoms with Crippen LogP contribution in [0.3, 0.4) is 0 Å². The number of aromatic nitrogens is 2. The van der Waals surface area contributed by atoms with E-state index in [9.17, 15) is 0 Å². The molecule has 21 heavy (non-hydrogen) atoms. The smallest absolute Gasteiger partial charge is 0.210 e. The van der Waals surface area contributed by atoms with Gasteiger partial charge in [0, 0.05) is 36.0 Å². The van der Waals surface area contributed by atoms with Gasteiger partial charge in [-0.25, -0.2) is 0 Å². The van der Waals surface area contributed by atoms with Crippen molar-refractivity contribution >= 4 is 0 Å². The maximum absolute atomic E-state index is 8.80. The van der Waals surface area contributed by atoms with Gasteiger partial charge in [-0.2, -0.15) is 9.83 Å². The summed E-state index contributed by atoms with van der Waals surface area (Å²) < 4.78 is 2.01. The van der Waals surface area contributed by atoms with Gasteiger partial charge < -0.3 is 12.4 Å². The topological polar surface area (TPSA) is 40.6 Å². The maximum Gasteiger partial charge on any atom is 0.210 e. The van der Waals surface area contributed by atoms with E-state index in [-0.39, 0.29) is 12.4 Å². The number of halogens is 1. The lowest BCUT2D eigenvalue weighted by molar-refractivity contribution is -0.595. The van der Waals surface area contributed by atoms with Crippen LogP contribution in [0, 0.1) is 11.3 Å². The summed E-state index contributed by atoms with van der Waals surface area (Å²) in [6.07, 6.45) is 5.77. The zero-order valence-corrected chi connectivity index (χ0v) is 11.9. The highest BCUT2D eigenvalue weighted by atomic mass is 35.5. The van der Waals surface area contributed by atoms with Crippen molar-refractivity contribution in [3.05, 3.63) is 78.8 Å². The highest BCUT2D eigenvalue weighted by molar-refractivity contribution is 5.57. The van der Waals surface area contributed by atoms with E-state index in [1.807, 2.05) is 71.6 Å². The van der Waals surface area contributed by atoms with Crippen LogP contribution in [0.2, 0.25) is 0 Å². The molecule has 0 saturated carbocycles. The molecular formula is C17H12ClN3. The third-order valence-corrected chi connectivity index (χ3v) is 3.08. The third-order valence-electron chi connectivity index (χ3n) is 3.08. The molecule has 102 valence electrons. The highest BCUT2D eigenvalue weighted by Crippen LogP contribution is 2.14. The van der Waals surface area contributed by atoms with Gasteiger partial charge >= 0.3 is 0 Å². The average Bonchev–Trinajstić information content (AvgIpc) is 2.56. The predicted molar refractivity (Wildman–Crippen MR) is 75.9 cm³/mol. The van der Waals surface area contributed by atoms with Crippen LogP contribution in [0.5, 0.6) is 0 Å². The van der Waals surface area contributed by atoms with Gasteiger partial charge in [-0.3, -0.25) is 4.98 Å². The van der Waals surface area contributed by atoms with Gasteiger partial charge in [-0.15, -0.1) is 0 Å². The second-order valence-electron chi connectivity index (χ2n) is 4.37. The summed E-state index contributed by atoms with van der Waals surface area (Å²) in [5, 5.41) is 8.80. The Morgan fingerprint density at radius 1 is 0.905 bits per heavy atom. The molecule has 0 spiro atoms. The summed E-state index contributed by atoms with van der Waals surface area (Å²) >= 11 is 0. The number of hydrogen-bond acceptors (Lipinski definition) is 2. The monoisotopic (exact) mass is 293 g/mol. The van der Waals surface area contributed by atoms with Gasteiger partial charge in [-0.1, -0.05) is 6.07 Å². The van der Waals surface area contributed by atoms with Gasteiger partial charge in [0.15, 0.2) is 12.4 Å². The van der Waals surface area contributed by atoms with Gasteiger partial charge in [-0.05, 0) is 24.3 Å². The van der Waals surface area contributed by atoms with E-state index < -0.39 is 0 Å². The van der Waals surface area contributed by atoms with Crippen LogP contribution in [-0.4, -0.2) is 4.98 Å². The molecule has 0 bridgehead atoms. The Morgan fingerprint density at radius 2 is 1.62 bits per heavy atom. The van der Waals surface area contributed by atoms with Crippen LogP contribution in [0.25, 0.3) is 16.9 Å². The van der Waals surface area contributed by atoms with E-state index in [0.717, 1.165) is 16.9 Å². The van der Waals surface area contributed by atoms with Gasteiger partial charge in [0.25, 0.3) is 0 Å². The van der Waals surface area contributed by atoms with Crippen LogP contribution in [0.15, 0.2) is 73.2 Å². The van der Waals surface area contributed by atoms with E-state index in [1.165, 1.54) is 0 Å². The Balaban J connectivity index is 0.00000161. The molecule has 0 saturated heterocycles. The Hall–Kier alpha value is -2.70. The molecule has 0 atom stereocenters. The van der Waals surface area contributed by atoms with Gasteiger partial charge in [0.2, 0.25) is 5.69 Å². The van der Waals surface area contributed by atoms with Crippen molar-refractivity contribution in [3.63, 3.8) is 0 Å². The van der Waals surface area contributed by atoms with Crippen molar-refractivity contribution in [1.82, 2.24) is 4.98 Å². The van der Waals surface area contributed by atoms with Crippen molar-refractivity contribution in [1.29, 1.82) is 5.26 Å². The minimum Gasteiger partial charge on any atom is -1.00 e. The van der Waals surface area contributed by atoms with Crippen molar-refractivity contribution in [3.8, 4) is 23.0 Å². The van der Waals surface area contributed by atoms with E-state index in [4.69, 9.17) is 5.26 Å². The molecule has 0 aliphatic rings. The predicted octanol–water partition coefficient (Wildman–Crippen LogP) is -0.0990. The fourth-order valence-electron chi connectivity index (χ4n) is 2.01. The molecule has 2 heterocycles. The molecule has 0 fully saturated rings. The summed E-state index contributed by atoms with van der Waals surface area (Å²) in [6.45, 7) is 0. The van der Waals surface area contributed by atoms with Crippen molar-refractivity contribution in [2.45, 2.75) is 0 Å². The van der Waals surface area contributed by atoms with Crippen LogP contribution < -0.4 is 17.0 Å². The summed E-state index contributed by atoms with van der Waals surface area (Å²) in [6, 6.07) is 19.5. The van der Waals surface area contributed by atoms with Crippen LogP contribution in [0.4, 0.5) is 0 Å². The fourth-order valence-corrected chi connectivity index (χ4v) is 2.01. The first-order chi connectivity index (χ1) is 9.86. The first kappa shape index (κ1) is 14.7. The summed E-state index contributed by atoms with van der Waals surface area (Å²) in [5.74, 6) is 0. The molecule has 3 aromatic rings. The summed E-state index contributed by atoms with van der Waals surface area (Å²) in [7, 11) is 0. The van der Waals surface area contributed by atoms with Gasteiger partial charge in [0.05, 0.1) is 17.3 Å². The zero-order valence-electron chi connectivity index (χ0n) is 11.1. The number of pyridine rings is 2. The zero-order chi connectivity index (χ0) is 13.8. The molecule has 0 aliphatic carbocycles. The minimum atomic E-state index is 0. The first-order valence-electron chi connectivity index (χ1n) is 6.30. The Bertz CT molecular complexity index is 745. The van der Waals surface area contributed by atoms with Crippen LogP contribution >= 0.6 is 0 Å². The van der Waals surface area contributed by atoms with Crippen molar-refractivity contribution in [2.75, 3.05) is 0 Å². The molecule has 3 nitrogen and oxygen atoms in total. The van der Waals surface area contributed by atoms with E-state index >= 15 is 0 Å². The Kier molecular flexibility index (Phi) is 4.65. The molecular weight excluding hydrogens is 282 g/mol. The lowest BCUT2D eigenvalue weighted by Gasteiger charge is -2.00. The Morgan fingerprint density at radius 3 is 2.19 bits per heavy atom. The molecule has 0 amide bonds. The molecule has 2 aromatic heterocycles. The highest BCUT2D eigenvalue weighted by Gasteiger charge is 2.06. The first-order valence-corrected chi connectivity index (χ1v) is 6.30. The van der Waals surface area contributed by atoms with E-state index in [0.29, 0.717) is 5.56 Å². The quantitative estimate of drug-likeness (QED) is 0.619. The van der Waals surface area contributed by atoms with Crippen molar-refractivity contribution in [2.24, 2.45) is 0 Å². The number of hydrogen-bond donors (Lipinski definition) is 0. The SMILES string of the molecule is N#Cc1ccc(-[n+]2ccc(-c3ccccn3)cc2)cc1.[Cl-]. The molecule has 0 N–H and O–H groups in total. The van der Waals surface area contributed by atoms with Crippen LogP contribution in [-0.2, 0) is 0 Å². The number of nitrogens with zero attached hydrogens (tertiary/aromatic N) is 3. The second kappa shape index (κ2) is 6.65. The molecule has 0 unspecified atom stereocenters. The molecule has 0 aliphatic heterocycles. The lowest BCUT2D eigenvalue weighted by atomic mass is 10.1. The average molecular weight is 294 g/mol. The largest absolute Gasteiger partial charge is 1.00 e. The number of rotatable bonds is 2.